The minimum absolute atomic E-state index is 0.0100. The number of nitro groups is 1. The fourth-order valence-corrected chi connectivity index (χ4v) is 2.95. The smallest absolute Gasteiger partial charge is 0.271 e. The highest BCUT2D eigenvalue weighted by atomic mass is 35.5. The number of halogens is 1. The molecule has 7 heteroatoms. The van der Waals surface area contributed by atoms with Crippen LogP contribution in [0.1, 0.15) is 12.5 Å². The maximum atomic E-state index is 10.8. The number of aromatic nitrogens is 1. The Labute approximate surface area is 143 Å². The van der Waals surface area contributed by atoms with Crippen LogP contribution in [-0.4, -0.2) is 15.7 Å². The number of nitrogens with zero attached hydrogens (tertiary/aromatic N) is 3. The van der Waals surface area contributed by atoms with Crippen molar-refractivity contribution >= 4 is 40.1 Å². The van der Waals surface area contributed by atoms with E-state index in [0.29, 0.717) is 10.8 Å². The standard InChI is InChI=1S/C17H15ClN4O2/c1-2-21-16-9-4-3-8-14(16)15(17(21)18)11-19-20-12-6-5-7-13(10-12)22(23)24/h3-11,20H,2H2,1H3/b19-11-. The number of rotatable bonds is 5. The normalized spacial score (nSPS) is 11.2. The molecule has 0 radical (unpaired) electrons. The molecule has 0 saturated carbocycles. The monoisotopic (exact) mass is 342 g/mol. The van der Waals surface area contributed by atoms with Gasteiger partial charge in [0.1, 0.15) is 5.15 Å². The number of benzene rings is 2. The second-order valence-electron chi connectivity index (χ2n) is 5.14. The summed E-state index contributed by atoms with van der Waals surface area (Å²) in [7, 11) is 0. The van der Waals surface area contributed by atoms with Gasteiger partial charge in [-0.15, -0.1) is 0 Å². The molecule has 0 aliphatic rings. The number of non-ortho nitro benzene ring substituents is 1. The van der Waals surface area contributed by atoms with E-state index in [1.54, 1.807) is 18.3 Å². The Morgan fingerprint density at radius 2 is 2.08 bits per heavy atom. The maximum absolute atomic E-state index is 10.8. The number of hydrogen-bond donors (Lipinski definition) is 1. The lowest BCUT2D eigenvalue weighted by Crippen LogP contribution is -1.95. The Morgan fingerprint density at radius 1 is 1.29 bits per heavy atom. The Kier molecular flexibility index (Phi) is 4.48. The summed E-state index contributed by atoms with van der Waals surface area (Å²) in [5, 5.41) is 16.6. The van der Waals surface area contributed by atoms with Crippen molar-refractivity contribution in [1.82, 2.24) is 4.57 Å². The van der Waals surface area contributed by atoms with Crippen molar-refractivity contribution in [3.05, 3.63) is 69.4 Å². The number of para-hydroxylation sites is 1. The number of nitro benzene ring substituents is 1. The Bertz CT molecular complexity index is 933. The van der Waals surface area contributed by atoms with E-state index in [0.717, 1.165) is 23.0 Å². The molecule has 2 aromatic carbocycles. The molecule has 6 nitrogen and oxygen atoms in total. The average Bonchev–Trinajstić information content (AvgIpc) is 2.86. The quantitative estimate of drug-likeness (QED) is 0.416. The van der Waals surface area contributed by atoms with E-state index in [9.17, 15) is 10.1 Å². The summed E-state index contributed by atoms with van der Waals surface area (Å²) in [6, 6.07) is 14.1. The molecule has 1 aromatic heterocycles. The van der Waals surface area contributed by atoms with Gasteiger partial charge in [-0.25, -0.2) is 0 Å². The molecule has 0 fully saturated rings. The number of nitrogens with one attached hydrogen (secondary N) is 1. The number of hydrogen-bond acceptors (Lipinski definition) is 4. The van der Waals surface area contributed by atoms with Gasteiger partial charge in [0.25, 0.3) is 5.69 Å². The summed E-state index contributed by atoms with van der Waals surface area (Å²) in [6.07, 6.45) is 1.63. The highest BCUT2D eigenvalue weighted by Crippen LogP contribution is 2.28. The van der Waals surface area contributed by atoms with Gasteiger partial charge in [0.05, 0.1) is 16.8 Å². The zero-order chi connectivity index (χ0) is 17.1. The summed E-state index contributed by atoms with van der Waals surface area (Å²) in [6.45, 7) is 2.78. The van der Waals surface area contributed by atoms with Gasteiger partial charge in [-0.05, 0) is 19.1 Å². The second-order valence-corrected chi connectivity index (χ2v) is 5.50. The third-order valence-corrected chi connectivity index (χ3v) is 4.11. The largest absolute Gasteiger partial charge is 0.331 e. The first kappa shape index (κ1) is 16.0. The second kappa shape index (κ2) is 6.72. The lowest BCUT2D eigenvalue weighted by atomic mass is 10.2. The van der Waals surface area contributed by atoms with Crippen LogP contribution in [-0.2, 0) is 6.54 Å². The fraction of sp³-hybridized carbons (Fsp3) is 0.118. The van der Waals surface area contributed by atoms with Crippen LogP contribution in [0.4, 0.5) is 11.4 Å². The molecule has 122 valence electrons. The minimum atomic E-state index is -0.444. The summed E-state index contributed by atoms with van der Waals surface area (Å²) < 4.78 is 2.01. The van der Waals surface area contributed by atoms with E-state index < -0.39 is 4.92 Å². The first-order valence-electron chi connectivity index (χ1n) is 7.42. The van der Waals surface area contributed by atoms with Crippen molar-refractivity contribution < 1.29 is 4.92 Å². The van der Waals surface area contributed by atoms with E-state index in [1.807, 2.05) is 35.8 Å². The summed E-state index contributed by atoms with van der Waals surface area (Å²) in [4.78, 5) is 10.4. The topological polar surface area (TPSA) is 72.5 Å². The highest BCUT2D eigenvalue weighted by molar-refractivity contribution is 6.34. The molecule has 0 atom stereocenters. The summed E-state index contributed by atoms with van der Waals surface area (Å²) >= 11 is 6.46. The number of anilines is 1. The molecule has 0 spiro atoms. The van der Waals surface area contributed by atoms with Gasteiger partial charge in [0, 0.05) is 35.1 Å². The van der Waals surface area contributed by atoms with Crippen LogP contribution < -0.4 is 5.43 Å². The van der Waals surface area contributed by atoms with Crippen molar-refractivity contribution in [3.8, 4) is 0 Å². The molecule has 0 aliphatic heterocycles. The molecule has 1 N–H and O–H groups in total. The van der Waals surface area contributed by atoms with Crippen molar-refractivity contribution in [2.24, 2.45) is 5.10 Å². The zero-order valence-electron chi connectivity index (χ0n) is 12.9. The van der Waals surface area contributed by atoms with E-state index in [1.165, 1.54) is 12.1 Å². The molecule has 0 bridgehead atoms. The van der Waals surface area contributed by atoms with Crippen molar-refractivity contribution in [1.29, 1.82) is 0 Å². The van der Waals surface area contributed by atoms with Gasteiger partial charge in [-0.3, -0.25) is 15.5 Å². The molecule has 3 rings (SSSR count). The van der Waals surface area contributed by atoms with E-state index in [4.69, 9.17) is 11.6 Å². The van der Waals surface area contributed by atoms with Crippen LogP contribution in [0.15, 0.2) is 53.6 Å². The predicted octanol–water partition coefficient (Wildman–Crippen LogP) is 4.67. The first-order valence-corrected chi connectivity index (χ1v) is 7.80. The molecule has 3 aromatic rings. The van der Waals surface area contributed by atoms with Gasteiger partial charge in [-0.1, -0.05) is 35.9 Å². The lowest BCUT2D eigenvalue weighted by Gasteiger charge is -2.01. The van der Waals surface area contributed by atoms with Crippen molar-refractivity contribution in [3.63, 3.8) is 0 Å². The third kappa shape index (κ3) is 2.96. The Balaban J connectivity index is 1.90. The van der Waals surface area contributed by atoms with E-state index in [2.05, 4.69) is 10.5 Å². The predicted molar refractivity (Wildman–Crippen MR) is 96.9 cm³/mol. The van der Waals surface area contributed by atoms with Crippen LogP contribution in [0.5, 0.6) is 0 Å². The number of fused-ring (bicyclic) bond motifs is 1. The zero-order valence-corrected chi connectivity index (χ0v) is 13.7. The van der Waals surface area contributed by atoms with Gasteiger partial charge in [0.15, 0.2) is 0 Å². The molecular weight excluding hydrogens is 328 g/mol. The highest BCUT2D eigenvalue weighted by Gasteiger charge is 2.12. The lowest BCUT2D eigenvalue weighted by molar-refractivity contribution is -0.384. The molecule has 0 amide bonds. The van der Waals surface area contributed by atoms with Crippen LogP contribution >= 0.6 is 11.6 Å². The van der Waals surface area contributed by atoms with Gasteiger partial charge < -0.3 is 4.57 Å². The van der Waals surface area contributed by atoms with Crippen LogP contribution in [0, 0.1) is 10.1 Å². The summed E-state index contributed by atoms with van der Waals surface area (Å²) in [5.74, 6) is 0. The van der Waals surface area contributed by atoms with Gasteiger partial charge >= 0.3 is 0 Å². The maximum Gasteiger partial charge on any atom is 0.271 e. The molecule has 0 saturated heterocycles. The summed E-state index contributed by atoms with van der Waals surface area (Å²) in [5.41, 5.74) is 5.21. The molecule has 1 heterocycles. The average molecular weight is 343 g/mol. The van der Waals surface area contributed by atoms with Crippen molar-refractivity contribution in [2.75, 3.05) is 5.43 Å². The first-order chi connectivity index (χ1) is 11.6. The van der Waals surface area contributed by atoms with Crippen LogP contribution in [0.25, 0.3) is 10.9 Å². The number of hydrazone groups is 1. The Hall–Kier alpha value is -2.86. The van der Waals surface area contributed by atoms with E-state index in [-0.39, 0.29) is 5.69 Å². The molecule has 24 heavy (non-hydrogen) atoms. The molecule has 0 aliphatic carbocycles. The third-order valence-electron chi connectivity index (χ3n) is 3.70. The Morgan fingerprint density at radius 3 is 2.83 bits per heavy atom. The van der Waals surface area contributed by atoms with Crippen molar-refractivity contribution in [2.45, 2.75) is 13.5 Å². The van der Waals surface area contributed by atoms with E-state index >= 15 is 0 Å². The molecular formula is C17H15ClN4O2. The number of aryl methyl sites for hydroxylation is 1. The van der Waals surface area contributed by atoms with Gasteiger partial charge in [-0.2, -0.15) is 5.10 Å². The minimum Gasteiger partial charge on any atom is -0.331 e. The fourth-order valence-electron chi connectivity index (χ4n) is 2.59. The molecule has 0 unspecified atom stereocenters. The van der Waals surface area contributed by atoms with Crippen LogP contribution in [0.2, 0.25) is 5.15 Å². The van der Waals surface area contributed by atoms with Gasteiger partial charge in [0.2, 0.25) is 0 Å². The van der Waals surface area contributed by atoms with Crippen LogP contribution in [0.3, 0.4) is 0 Å². The SMILES string of the molecule is CCn1c(Cl)c(/C=N\Nc2cccc([N+](=O)[O-])c2)c2ccccc21.